The van der Waals surface area contributed by atoms with E-state index in [1.165, 1.54) is 66.9 Å². The maximum Gasteiger partial charge on any atom is 0.297 e. The van der Waals surface area contributed by atoms with Crippen molar-refractivity contribution in [3.8, 4) is 22.5 Å². The summed E-state index contributed by atoms with van der Waals surface area (Å²) in [4.78, 5) is 5.16. The standard InChI is InChI=1S/C64H61BN2O3/c1-36-26-42(48-35-68-54-21-17-15-19-46(48)54)27-37(2)59(36)67-52-34-45(64(11,12)13)33-51-57(52)65(61-60(67)47-32-43(62(5,6)7)23-25-55(47)70-61)49-24-22-41(56-31-40-18-14-16-20-53(40)69-56)30-50(49)66(51)58-38(3)28-44(29-39(58)4)63(8,9)10/h14-35H,1-13H3. The fraction of sp³-hybridized carbons (Fsp3) is 0.250. The minimum absolute atomic E-state index is 0.0141. The lowest BCUT2D eigenvalue weighted by Gasteiger charge is -2.45. The molecular weight excluding hydrogens is 856 g/mol. The lowest BCUT2D eigenvalue weighted by Crippen LogP contribution is -2.61. The molecule has 0 saturated carbocycles. The Kier molecular flexibility index (Phi) is 9.54. The van der Waals surface area contributed by atoms with E-state index in [4.69, 9.17) is 13.3 Å². The maximum absolute atomic E-state index is 7.43. The van der Waals surface area contributed by atoms with Gasteiger partial charge in [-0.2, -0.15) is 0 Å². The Morgan fingerprint density at radius 1 is 0.443 bits per heavy atom. The summed E-state index contributed by atoms with van der Waals surface area (Å²) in [5.41, 5.74) is 24.6. The van der Waals surface area contributed by atoms with Gasteiger partial charge in [-0.05, 0) is 160 Å². The minimum atomic E-state index is -0.210. The van der Waals surface area contributed by atoms with Gasteiger partial charge in [-0.25, -0.2) is 0 Å². The summed E-state index contributed by atoms with van der Waals surface area (Å²) < 4.78 is 20.2. The predicted octanol–water partition coefficient (Wildman–Crippen LogP) is 16.5. The molecule has 0 spiro atoms. The van der Waals surface area contributed by atoms with Crippen molar-refractivity contribution in [3.05, 3.63) is 173 Å². The van der Waals surface area contributed by atoms with Crippen LogP contribution >= 0.6 is 0 Å². The number of aryl methyl sites for hydroxylation is 4. The van der Waals surface area contributed by atoms with Gasteiger partial charge in [0.05, 0.1) is 29.0 Å². The molecule has 70 heavy (non-hydrogen) atoms. The summed E-state index contributed by atoms with van der Waals surface area (Å²) >= 11 is 0. The van der Waals surface area contributed by atoms with Crippen molar-refractivity contribution < 1.29 is 13.3 Å². The first-order valence-electron chi connectivity index (χ1n) is 24.9. The van der Waals surface area contributed by atoms with Crippen LogP contribution in [0.4, 0.5) is 34.1 Å². The summed E-state index contributed by atoms with van der Waals surface area (Å²) in [6, 6.07) is 47.1. The van der Waals surface area contributed by atoms with Crippen molar-refractivity contribution in [1.29, 1.82) is 0 Å². The molecular formula is C64H61BN2O3. The first kappa shape index (κ1) is 44.1. The van der Waals surface area contributed by atoms with Crippen molar-refractivity contribution in [2.24, 2.45) is 0 Å². The summed E-state index contributed by atoms with van der Waals surface area (Å²) in [6.45, 7) is 29.8. The van der Waals surface area contributed by atoms with Gasteiger partial charge in [-0.3, -0.25) is 0 Å². The van der Waals surface area contributed by atoms with Crippen LogP contribution in [0.3, 0.4) is 0 Å². The molecule has 0 aliphatic carbocycles. The number of rotatable bonds is 4. The zero-order valence-corrected chi connectivity index (χ0v) is 42.9. The van der Waals surface area contributed by atoms with Gasteiger partial charge in [0.1, 0.15) is 22.5 Å². The monoisotopic (exact) mass is 916 g/mol. The number of anilines is 6. The zero-order chi connectivity index (χ0) is 48.9. The molecule has 348 valence electrons. The van der Waals surface area contributed by atoms with Gasteiger partial charge in [0, 0.05) is 44.3 Å². The molecule has 10 aromatic rings. The number of benzene rings is 7. The molecule has 7 aromatic carbocycles. The van der Waals surface area contributed by atoms with Crippen molar-refractivity contribution in [3.63, 3.8) is 0 Å². The number of para-hydroxylation sites is 2. The van der Waals surface area contributed by atoms with Crippen LogP contribution < -0.4 is 26.4 Å². The van der Waals surface area contributed by atoms with E-state index in [0.717, 1.165) is 78.1 Å². The lowest BCUT2D eigenvalue weighted by atomic mass is 9.35. The molecule has 0 amide bonds. The van der Waals surface area contributed by atoms with Crippen LogP contribution in [0.25, 0.3) is 55.4 Å². The zero-order valence-electron chi connectivity index (χ0n) is 42.9. The molecule has 0 radical (unpaired) electrons. The van der Waals surface area contributed by atoms with E-state index in [1.807, 2.05) is 24.5 Å². The second-order valence-electron chi connectivity index (χ2n) is 23.3. The average molecular weight is 917 g/mol. The normalized spacial score (nSPS) is 13.7. The van der Waals surface area contributed by atoms with E-state index in [9.17, 15) is 0 Å². The summed E-state index contributed by atoms with van der Waals surface area (Å²) in [5.74, 6) is 0.849. The number of fused-ring (bicyclic) bond motifs is 8. The molecule has 0 atom stereocenters. The molecule has 6 heteroatoms. The van der Waals surface area contributed by atoms with Gasteiger partial charge >= 0.3 is 0 Å². The van der Waals surface area contributed by atoms with Gasteiger partial charge in [0.15, 0.2) is 0 Å². The highest BCUT2D eigenvalue weighted by molar-refractivity contribution is 7.00. The van der Waals surface area contributed by atoms with Gasteiger partial charge in [0.25, 0.3) is 6.71 Å². The smallest absolute Gasteiger partial charge is 0.297 e. The number of hydrogen-bond acceptors (Lipinski definition) is 5. The van der Waals surface area contributed by atoms with Gasteiger partial charge in [-0.15, -0.1) is 0 Å². The summed E-state index contributed by atoms with van der Waals surface area (Å²) in [6.07, 6.45) is 1.91. The lowest BCUT2D eigenvalue weighted by molar-refractivity contribution is 0.589. The fourth-order valence-corrected chi connectivity index (χ4v) is 11.5. The third-order valence-corrected chi connectivity index (χ3v) is 15.2. The van der Waals surface area contributed by atoms with Crippen LogP contribution in [-0.4, -0.2) is 6.71 Å². The summed E-state index contributed by atoms with van der Waals surface area (Å²) in [5, 5.41) is 3.32. The van der Waals surface area contributed by atoms with Crippen LogP contribution in [0.5, 0.6) is 0 Å². The summed E-state index contributed by atoms with van der Waals surface area (Å²) in [7, 11) is 0. The van der Waals surface area contributed by atoms with Crippen molar-refractivity contribution in [1.82, 2.24) is 0 Å². The van der Waals surface area contributed by atoms with Crippen LogP contribution in [0.15, 0.2) is 147 Å². The number of furan rings is 3. The molecule has 5 nitrogen and oxygen atoms in total. The SMILES string of the molecule is Cc1cc(C(C)(C)C)cc(C)c1N1c2cc(-c3cc4ccccc4o3)ccc2B2c3oc4ccc(C(C)(C)C)cc4c3N(c3c(C)cc(-c4coc5ccccc45)cc3C)c3cc(C(C)(C)C)cc1c32. The molecule has 0 saturated heterocycles. The Morgan fingerprint density at radius 2 is 1.04 bits per heavy atom. The van der Waals surface area contributed by atoms with Gasteiger partial charge < -0.3 is 23.1 Å². The molecule has 2 aliphatic rings. The molecule has 0 unspecified atom stereocenters. The second-order valence-corrected chi connectivity index (χ2v) is 23.3. The van der Waals surface area contributed by atoms with Crippen LogP contribution in [0.1, 0.15) is 101 Å². The largest absolute Gasteiger partial charge is 0.468 e. The van der Waals surface area contributed by atoms with Crippen molar-refractivity contribution in [2.75, 3.05) is 9.80 Å². The van der Waals surface area contributed by atoms with Gasteiger partial charge in [-0.1, -0.05) is 129 Å². The fourth-order valence-electron chi connectivity index (χ4n) is 11.5. The topological polar surface area (TPSA) is 45.9 Å². The van der Waals surface area contributed by atoms with E-state index in [0.29, 0.717) is 0 Å². The van der Waals surface area contributed by atoms with E-state index in [1.54, 1.807) is 0 Å². The first-order chi connectivity index (χ1) is 33.2. The van der Waals surface area contributed by atoms with E-state index in [-0.39, 0.29) is 23.0 Å². The minimum Gasteiger partial charge on any atom is -0.468 e. The van der Waals surface area contributed by atoms with Crippen molar-refractivity contribution >= 4 is 90.3 Å². The van der Waals surface area contributed by atoms with E-state index in [2.05, 4.69) is 209 Å². The van der Waals surface area contributed by atoms with Gasteiger partial charge in [0.2, 0.25) is 0 Å². The predicted molar refractivity (Wildman–Crippen MR) is 296 cm³/mol. The molecule has 0 N–H and O–H groups in total. The highest BCUT2D eigenvalue weighted by atomic mass is 16.3. The molecule has 0 fully saturated rings. The van der Waals surface area contributed by atoms with Crippen molar-refractivity contribution in [2.45, 2.75) is 106 Å². The third-order valence-electron chi connectivity index (χ3n) is 15.2. The molecule has 5 heterocycles. The highest BCUT2D eigenvalue weighted by Crippen LogP contribution is 2.52. The Balaban J connectivity index is 1.20. The number of hydrogen-bond donors (Lipinski definition) is 0. The Bertz CT molecular complexity index is 3720. The Hall–Kier alpha value is -7.18. The quantitative estimate of drug-likeness (QED) is 0.165. The van der Waals surface area contributed by atoms with E-state index >= 15 is 0 Å². The highest BCUT2D eigenvalue weighted by Gasteiger charge is 2.48. The number of nitrogens with zero attached hydrogens (tertiary/aromatic N) is 2. The third kappa shape index (κ3) is 6.73. The molecule has 3 aromatic heterocycles. The molecule has 12 rings (SSSR count). The maximum atomic E-state index is 7.43. The average Bonchev–Trinajstić information content (AvgIpc) is 4.04. The second kappa shape index (κ2) is 15.2. The first-order valence-corrected chi connectivity index (χ1v) is 24.9. The Morgan fingerprint density at radius 3 is 1.71 bits per heavy atom. The van der Waals surface area contributed by atoms with E-state index < -0.39 is 0 Å². The van der Waals surface area contributed by atoms with Crippen LogP contribution in [0, 0.1) is 27.7 Å². The van der Waals surface area contributed by atoms with Crippen LogP contribution in [0.2, 0.25) is 0 Å². The molecule has 2 aliphatic heterocycles. The Labute approximate surface area is 412 Å². The van der Waals surface area contributed by atoms with Crippen LogP contribution in [-0.2, 0) is 16.2 Å². The molecule has 0 bridgehead atoms.